The molecule has 2 N–H and O–H groups in total. The Hall–Kier alpha value is -3.78. The Labute approximate surface area is 237 Å². The van der Waals surface area contributed by atoms with Gasteiger partial charge >= 0.3 is 5.97 Å². The van der Waals surface area contributed by atoms with Crippen LogP contribution in [-0.2, 0) is 25.4 Å². The average Bonchev–Trinajstić information content (AvgIpc) is 2.95. The van der Waals surface area contributed by atoms with Crippen LogP contribution >= 0.6 is 0 Å². The first-order valence-electron chi connectivity index (χ1n) is 13.5. The number of benzene rings is 4. The van der Waals surface area contributed by atoms with Gasteiger partial charge in [0.15, 0.2) is 6.04 Å². The predicted octanol–water partition coefficient (Wildman–Crippen LogP) is 4.33. The molecule has 0 heterocycles. The van der Waals surface area contributed by atoms with Gasteiger partial charge in [0.2, 0.25) is 5.91 Å². The Bertz CT molecular complexity index is 1400. The van der Waals surface area contributed by atoms with Crippen LogP contribution in [0.25, 0.3) is 10.8 Å². The van der Waals surface area contributed by atoms with Crippen molar-refractivity contribution in [3.63, 3.8) is 0 Å². The summed E-state index contributed by atoms with van der Waals surface area (Å²) in [6.07, 6.45) is -1.32. The van der Waals surface area contributed by atoms with Crippen molar-refractivity contribution in [2.24, 2.45) is 0 Å². The maximum atomic E-state index is 13.2. The molecule has 4 aromatic rings. The van der Waals surface area contributed by atoms with Gasteiger partial charge in [-0.2, -0.15) is 0 Å². The van der Waals surface area contributed by atoms with Gasteiger partial charge in [-0.25, -0.2) is 4.79 Å². The number of hydrogen-bond donors (Lipinski definition) is 2. The molecule has 0 saturated heterocycles. The summed E-state index contributed by atoms with van der Waals surface area (Å²) in [6, 6.07) is 32.5. The minimum atomic E-state index is -2.95. The zero-order valence-corrected chi connectivity index (χ0v) is 24.5. The Balaban J connectivity index is 1.56. The SMILES string of the molecule is CC(=O)N[C@H](C(=O)OCc1ccc2ccccc2c1)[C@H](O)CO[Si](c1ccccc1)(c1ccccc1)C(C)(C)C. The molecule has 208 valence electrons. The summed E-state index contributed by atoms with van der Waals surface area (Å²) in [6.45, 7) is 7.56. The molecule has 1 amide bonds. The number of carbonyl (C=O) groups excluding carboxylic acids is 2. The van der Waals surface area contributed by atoms with Gasteiger partial charge in [0.1, 0.15) is 12.7 Å². The lowest BCUT2D eigenvalue weighted by molar-refractivity contribution is -0.153. The molecule has 0 aliphatic heterocycles. The van der Waals surface area contributed by atoms with Gasteiger partial charge < -0.3 is 19.6 Å². The predicted molar refractivity (Wildman–Crippen MR) is 161 cm³/mol. The van der Waals surface area contributed by atoms with Crippen LogP contribution < -0.4 is 15.7 Å². The second-order valence-electron chi connectivity index (χ2n) is 11.0. The molecule has 0 aliphatic rings. The fraction of sp³-hybridized carbons (Fsp3) is 0.273. The first kappa shape index (κ1) is 29.2. The number of aliphatic hydroxyl groups is 1. The second-order valence-corrected chi connectivity index (χ2v) is 15.3. The molecule has 0 radical (unpaired) electrons. The quantitative estimate of drug-likeness (QED) is 0.225. The highest BCUT2D eigenvalue weighted by Crippen LogP contribution is 2.36. The molecule has 4 rings (SSSR count). The first-order chi connectivity index (χ1) is 19.1. The van der Waals surface area contributed by atoms with E-state index >= 15 is 0 Å². The number of esters is 1. The molecule has 0 aliphatic carbocycles. The number of hydrogen-bond acceptors (Lipinski definition) is 5. The lowest BCUT2D eigenvalue weighted by atomic mass is 10.1. The third kappa shape index (κ3) is 6.50. The van der Waals surface area contributed by atoms with E-state index in [4.69, 9.17) is 9.16 Å². The Morgan fingerprint density at radius 1 is 0.825 bits per heavy atom. The fourth-order valence-corrected chi connectivity index (χ4v) is 9.75. The van der Waals surface area contributed by atoms with Crippen LogP contribution in [0.3, 0.4) is 0 Å². The van der Waals surface area contributed by atoms with E-state index in [2.05, 4.69) is 50.4 Å². The Morgan fingerprint density at radius 2 is 1.38 bits per heavy atom. The Morgan fingerprint density at radius 3 is 1.93 bits per heavy atom. The first-order valence-corrected chi connectivity index (χ1v) is 15.4. The van der Waals surface area contributed by atoms with E-state index in [1.54, 1.807) is 0 Å². The third-order valence-electron chi connectivity index (χ3n) is 7.08. The number of ether oxygens (including phenoxy) is 1. The van der Waals surface area contributed by atoms with Gasteiger partial charge in [-0.05, 0) is 37.8 Å². The topological polar surface area (TPSA) is 84.9 Å². The number of rotatable bonds is 10. The van der Waals surface area contributed by atoms with E-state index in [0.29, 0.717) is 0 Å². The van der Waals surface area contributed by atoms with E-state index in [1.165, 1.54) is 6.92 Å². The molecule has 0 fully saturated rings. The molecule has 6 nitrogen and oxygen atoms in total. The highest BCUT2D eigenvalue weighted by atomic mass is 28.4. The van der Waals surface area contributed by atoms with Crippen molar-refractivity contribution in [1.29, 1.82) is 0 Å². The third-order valence-corrected chi connectivity index (χ3v) is 12.1. The van der Waals surface area contributed by atoms with E-state index in [-0.39, 0.29) is 18.3 Å². The highest BCUT2D eigenvalue weighted by Gasteiger charge is 2.50. The van der Waals surface area contributed by atoms with Crippen molar-refractivity contribution < 1.29 is 23.9 Å². The van der Waals surface area contributed by atoms with Gasteiger partial charge in [-0.3, -0.25) is 4.79 Å². The summed E-state index contributed by atoms with van der Waals surface area (Å²) in [4.78, 5) is 25.2. The van der Waals surface area contributed by atoms with Gasteiger partial charge in [0.05, 0.1) is 6.61 Å². The maximum Gasteiger partial charge on any atom is 0.331 e. The van der Waals surface area contributed by atoms with E-state index in [1.807, 2.05) is 78.9 Å². The van der Waals surface area contributed by atoms with E-state index < -0.39 is 32.3 Å². The van der Waals surface area contributed by atoms with Crippen LogP contribution in [0.1, 0.15) is 33.3 Å². The van der Waals surface area contributed by atoms with Gasteiger partial charge in [-0.1, -0.05) is 118 Å². The van der Waals surface area contributed by atoms with Crippen molar-refractivity contribution in [3.8, 4) is 0 Å². The monoisotopic (exact) mass is 555 g/mol. The maximum absolute atomic E-state index is 13.2. The van der Waals surface area contributed by atoms with Crippen molar-refractivity contribution in [2.75, 3.05) is 6.61 Å². The van der Waals surface area contributed by atoms with Crippen molar-refractivity contribution in [2.45, 2.75) is 51.5 Å². The summed E-state index contributed by atoms with van der Waals surface area (Å²) in [5.74, 6) is -1.17. The molecule has 0 bridgehead atoms. The van der Waals surface area contributed by atoms with Crippen molar-refractivity contribution in [1.82, 2.24) is 5.32 Å². The summed E-state index contributed by atoms with van der Waals surface area (Å²) < 4.78 is 12.4. The van der Waals surface area contributed by atoms with Crippen LogP contribution in [-0.4, -0.2) is 44.1 Å². The second kappa shape index (κ2) is 12.6. The molecule has 0 unspecified atom stereocenters. The lowest BCUT2D eigenvalue weighted by Gasteiger charge is -2.43. The van der Waals surface area contributed by atoms with E-state index in [9.17, 15) is 14.7 Å². The summed E-state index contributed by atoms with van der Waals surface area (Å²) in [5, 5.41) is 17.8. The molecule has 40 heavy (non-hydrogen) atoms. The molecular formula is C33H37NO5Si. The van der Waals surface area contributed by atoms with Crippen molar-refractivity contribution >= 4 is 41.3 Å². The van der Waals surface area contributed by atoms with Gasteiger partial charge in [-0.15, -0.1) is 0 Å². The zero-order chi connectivity index (χ0) is 28.8. The molecule has 7 heteroatoms. The summed E-state index contributed by atoms with van der Waals surface area (Å²) in [5.41, 5.74) is 0.812. The van der Waals surface area contributed by atoms with Crippen LogP contribution in [0.5, 0.6) is 0 Å². The average molecular weight is 556 g/mol. The Kier molecular flexibility index (Phi) is 9.20. The lowest BCUT2D eigenvalue weighted by Crippen LogP contribution is -2.67. The van der Waals surface area contributed by atoms with Gasteiger partial charge in [0, 0.05) is 6.92 Å². The fourth-order valence-electron chi connectivity index (χ4n) is 5.17. The number of nitrogens with one attached hydrogen (secondary N) is 1. The normalized spacial score (nSPS) is 13.4. The molecule has 2 atom stereocenters. The van der Waals surface area contributed by atoms with Crippen LogP contribution in [0, 0.1) is 0 Å². The van der Waals surface area contributed by atoms with Crippen LogP contribution in [0.15, 0.2) is 103 Å². The molecular weight excluding hydrogens is 518 g/mol. The minimum Gasteiger partial charge on any atom is -0.459 e. The van der Waals surface area contributed by atoms with Crippen molar-refractivity contribution in [3.05, 3.63) is 109 Å². The number of amides is 1. The number of carbonyl (C=O) groups is 2. The van der Waals surface area contributed by atoms with Crippen LogP contribution in [0.2, 0.25) is 5.04 Å². The minimum absolute atomic E-state index is 0.0159. The van der Waals surface area contributed by atoms with E-state index in [0.717, 1.165) is 26.7 Å². The zero-order valence-electron chi connectivity index (χ0n) is 23.5. The summed E-state index contributed by atoms with van der Waals surface area (Å²) in [7, 11) is -2.95. The van der Waals surface area contributed by atoms with Crippen LogP contribution in [0.4, 0.5) is 0 Å². The summed E-state index contributed by atoms with van der Waals surface area (Å²) >= 11 is 0. The largest absolute Gasteiger partial charge is 0.459 e. The van der Waals surface area contributed by atoms with Gasteiger partial charge in [0.25, 0.3) is 8.32 Å². The standard InChI is InChI=1S/C33H37NO5Si/c1-24(35)34-31(32(37)38-22-25-19-20-26-13-11-12-14-27(26)21-25)30(36)23-39-40(33(2,3)4,28-15-7-5-8-16-28)29-17-9-6-10-18-29/h5-21,30-31,36H,22-23H2,1-4H3,(H,34,35)/t30-,31+/m1/s1. The molecule has 0 saturated carbocycles. The molecule has 0 spiro atoms. The smallest absolute Gasteiger partial charge is 0.331 e. The number of fused-ring (bicyclic) bond motifs is 1. The highest BCUT2D eigenvalue weighted by molar-refractivity contribution is 6.99. The number of aliphatic hydroxyl groups excluding tert-OH is 1. The molecule has 4 aromatic carbocycles. The molecule has 0 aromatic heterocycles.